The van der Waals surface area contributed by atoms with Crippen LogP contribution in [0.4, 0.5) is 0 Å². The van der Waals surface area contributed by atoms with Gasteiger partial charge in [-0.2, -0.15) is 5.10 Å². The third-order valence-electron chi connectivity index (χ3n) is 2.03. The van der Waals surface area contributed by atoms with E-state index < -0.39 is 0 Å². The second-order valence-corrected chi connectivity index (χ2v) is 3.43. The van der Waals surface area contributed by atoms with Crippen molar-refractivity contribution in [3.63, 3.8) is 0 Å². The van der Waals surface area contributed by atoms with Gasteiger partial charge in [-0.1, -0.05) is 5.57 Å². The van der Waals surface area contributed by atoms with E-state index in [1.807, 2.05) is 13.8 Å². The van der Waals surface area contributed by atoms with Gasteiger partial charge in [0.15, 0.2) is 5.65 Å². The first-order valence-corrected chi connectivity index (χ1v) is 4.27. The Hall–Kier alpha value is -1.45. The van der Waals surface area contributed by atoms with Gasteiger partial charge in [0.25, 0.3) is 0 Å². The lowest BCUT2D eigenvalue weighted by Gasteiger charge is -1.85. The van der Waals surface area contributed by atoms with Crippen molar-refractivity contribution in [3.05, 3.63) is 16.7 Å². The van der Waals surface area contributed by atoms with E-state index in [0.717, 1.165) is 22.4 Å². The smallest absolute Gasteiger partial charge is 0.185 e. The van der Waals surface area contributed by atoms with Crippen molar-refractivity contribution in [1.29, 1.82) is 0 Å². The molecule has 13 heavy (non-hydrogen) atoms. The molecule has 2 aromatic heterocycles. The molecule has 0 aliphatic rings. The Balaban J connectivity index is 3.01. The minimum absolute atomic E-state index is 0.769. The van der Waals surface area contributed by atoms with Crippen LogP contribution in [-0.2, 0) is 0 Å². The van der Waals surface area contributed by atoms with Crippen molar-refractivity contribution in [1.82, 2.24) is 19.8 Å². The third-order valence-corrected chi connectivity index (χ3v) is 2.03. The molecule has 0 bridgehead atoms. The zero-order valence-electron chi connectivity index (χ0n) is 8.29. The highest BCUT2D eigenvalue weighted by atomic mass is 15.5. The van der Waals surface area contributed by atoms with E-state index in [4.69, 9.17) is 0 Å². The molecule has 0 spiro atoms. The summed E-state index contributed by atoms with van der Waals surface area (Å²) in [6, 6.07) is 0. The standard InChI is InChI=1S/C9H12N4/c1-5(2)8-6(3)11-13-9(8)10-7(4)12-13/h1-4H3. The first kappa shape index (κ1) is 8.16. The van der Waals surface area contributed by atoms with E-state index in [1.165, 1.54) is 5.57 Å². The molecule has 0 fully saturated rings. The molecule has 4 heteroatoms. The van der Waals surface area contributed by atoms with Gasteiger partial charge in [-0.3, -0.25) is 0 Å². The normalized spacial score (nSPS) is 11.1. The summed E-state index contributed by atoms with van der Waals surface area (Å²) in [4.78, 5) is 4.32. The molecule has 0 aromatic carbocycles. The third kappa shape index (κ3) is 1.09. The summed E-state index contributed by atoms with van der Waals surface area (Å²) in [7, 11) is 0. The Labute approximate surface area is 76.3 Å². The fourth-order valence-corrected chi connectivity index (χ4v) is 1.57. The maximum absolute atomic E-state index is 4.32. The van der Waals surface area contributed by atoms with Gasteiger partial charge in [-0.15, -0.1) is 9.73 Å². The molecule has 0 aliphatic carbocycles. The number of nitrogens with zero attached hydrogens (tertiary/aromatic N) is 4. The van der Waals surface area contributed by atoms with Crippen molar-refractivity contribution in [2.24, 2.45) is 0 Å². The average Bonchev–Trinajstić information content (AvgIpc) is 2.41. The Morgan fingerprint density at radius 1 is 1.15 bits per heavy atom. The summed E-state index contributed by atoms with van der Waals surface area (Å²) < 4.78 is 1.60. The lowest BCUT2D eigenvalue weighted by molar-refractivity contribution is 0.793. The van der Waals surface area contributed by atoms with Crippen LogP contribution in [0, 0.1) is 13.8 Å². The summed E-state index contributed by atoms with van der Waals surface area (Å²) in [6.45, 7) is 7.98. The zero-order chi connectivity index (χ0) is 9.59. The van der Waals surface area contributed by atoms with Crippen LogP contribution in [0.3, 0.4) is 0 Å². The van der Waals surface area contributed by atoms with Crippen LogP contribution in [0.1, 0.15) is 25.4 Å². The van der Waals surface area contributed by atoms with Gasteiger partial charge in [0.1, 0.15) is 5.82 Å². The predicted molar refractivity (Wildman–Crippen MR) is 50.2 cm³/mol. The Morgan fingerprint density at radius 3 is 2.46 bits per heavy atom. The molecule has 0 aliphatic heterocycles. The first-order chi connectivity index (χ1) is 6.09. The van der Waals surface area contributed by atoms with Crippen molar-refractivity contribution >= 4 is 11.2 Å². The van der Waals surface area contributed by atoms with E-state index in [2.05, 4.69) is 29.0 Å². The van der Waals surface area contributed by atoms with Crippen molar-refractivity contribution in [2.75, 3.05) is 0 Å². The molecule has 0 N–H and O–H groups in total. The summed E-state index contributed by atoms with van der Waals surface area (Å²) >= 11 is 0. The highest BCUT2D eigenvalue weighted by Crippen LogP contribution is 1.98. The van der Waals surface area contributed by atoms with E-state index >= 15 is 0 Å². The summed E-state index contributed by atoms with van der Waals surface area (Å²) in [6.07, 6.45) is 0. The maximum atomic E-state index is 4.32. The van der Waals surface area contributed by atoms with Crippen LogP contribution in [0.25, 0.3) is 11.2 Å². The SMILES string of the molecule is CC(C)=c1c(C)nn2nc(C)nc12. The van der Waals surface area contributed by atoms with Crippen LogP contribution >= 0.6 is 0 Å². The minimum atomic E-state index is 0.769. The fraction of sp³-hybridized carbons (Fsp3) is 0.444. The second kappa shape index (κ2) is 2.52. The Bertz CT molecular complexity index is 505. The molecule has 0 atom stereocenters. The van der Waals surface area contributed by atoms with Crippen LogP contribution in [0.5, 0.6) is 0 Å². The van der Waals surface area contributed by atoms with Gasteiger partial charge in [0.05, 0.1) is 5.69 Å². The highest BCUT2D eigenvalue weighted by Gasteiger charge is 2.07. The Kier molecular flexibility index (Phi) is 1.58. The minimum Gasteiger partial charge on any atom is -0.210 e. The zero-order valence-corrected chi connectivity index (χ0v) is 8.29. The van der Waals surface area contributed by atoms with Gasteiger partial charge >= 0.3 is 0 Å². The van der Waals surface area contributed by atoms with Crippen molar-refractivity contribution in [2.45, 2.75) is 27.7 Å². The van der Waals surface area contributed by atoms with E-state index in [9.17, 15) is 0 Å². The Morgan fingerprint density at radius 2 is 1.85 bits per heavy atom. The van der Waals surface area contributed by atoms with Crippen LogP contribution < -0.4 is 5.22 Å². The molecular weight excluding hydrogens is 164 g/mol. The highest BCUT2D eigenvalue weighted by molar-refractivity contribution is 5.53. The number of fused-ring (bicyclic) bond motifs is 1. The monoisotopic (exact) mass is 176 g/mol. The summed E-state index contributed by atoms with van der Waals surface area (Å²) in [5.74, 6) is 0.769. The lowest BCUT2D eigenvalue weighted by atomic mass is 10.2. The molecule has 0 radical (unpaired) electrons. The first-order valence-electron chi connectivity index (χ1n) is 4.27. The van der Waals surface area contributed by atoms with Crippen molar-refractivity contribution < 1.29 is 0 Å². The molecule has 2 heterocycles. The second-order valence-electron chi connectivity index (χ2n) is 3.43. The predicted octanol–water partition coefficient (Wildman–Crippen LogP) is 0.651. The van der Waals surface area contributed by atoms with E-state index in [-0.39, 0.29) is 0 Å². The van der Waals surface area contributed by atoms with Crippen LogP contribution in [0.2, 0.25) is 0 Å². The number of rotatable bonds is 0. The molecule has 0 unspecified atom stereocenters. The van der Waals surface area contributed by atoms with E-state index in [1.54, 1.807) is 4.63 Å². The van der Waals surface area contributed by atoms with Crippen molar-refractivity contribution in [3.8, 4) is 0 Å². The molecule has 0 saturated carbocycles. The number of hydrogen-bond donors (Lipinski definition) is 0. The molecule has 2 rings (SSSR count). The molecular formula is C9H12N4. The summed E-state index contributed by atoms with van der Waals surface area (Å²) in [5, 5.41) is 9.56. The quantitative estimate of drug-likeness (QED) is 0.592. The van der Waals surface area contributed by atoms with Crippen LogP contribution in [-0.4, -0.2) is 19.8 Å². The lowest BCUT2D eigenvalue weighted by Crippen LogP contribution is -2.05. The number of aromatic nitrogens is 4. The molecule has 0 saturated heterocycles. The van der Waals surface area contributed by atoms with Crippen LogP contribution in [0.15, 0.2) is 0 Å². The molecule has 4 nitrogen and oxygen atoms in total. The van der Waals surface area contributed by atoms with E-state index in [0.29, 0.717) is 0 Å². The molecule has 2 aromatic rings. The average molecular weight is 176 g/mol. The van der Waals surface area contributed by atoms with Gasteiger partial charge in [-0.05, 0) is 27.7 Å². The van der Waals surface area contributed by atoms with Gasteiger partial charge in [-0.25, -0.2) is 4.98 Å². The summed E-state index contributed by atoms with van der Waals surface area (Å²) in [5.41, 5.74) is 3.09. The largest absolute Gasteiger partial charge is 0.210 e. The number of aryl methyl sites for hydroxylation is 2. The molecule has 68 valence electrons. The maximum Gasteiger partial charge on any atom is 0.185 e. The number of hydrogen-bond acceptors (Lipinski definition) is 3. The fourth-order valence-electron chi connectivity index (χ4n) is 1.57. The molecule has 0 amide bonds. The van der Waals surface area contributed by atoms with Gasteiger partial charge < -0.3 is 0 Å². The van der Waals surface area contributed by atoms with Gasteiger partial charge in [0, 0.05) is 5.22 Å². The van der Waals surface area contributed by atoms with Gasteiger partial charge in [0.2, 0.25) is 0 Å². The topological polar surface area (TPSA) is 43.1 Å².